The molecule has 1 aromatic rings. The molecule has 1 amide bonds. The third-order valence-corrected chi connectivity index (χ3v) is 5.46. The van der Waals surface area contributed by atoms with E-state index >= 15 is 0 Å². The van der Waals surface area contributed by atoms with Crippen molar-refractivity contribution in [2.45, 2.75) is 30.8 Å². The zero-order valence-corrected chi connectivity index (χ0v) is 16.3. The number of hydrogen-bond acceptors (Lipinski definition) is 9. The van der Waals surface area contributed by atoms with Gasteiger partial charge in [-0.05, 0) is 29.8 Å². The number of carbonyl (C=O) groups excluding carboxylic acids is 1. The van der Waals surface area contributed by atoms with Gasteiger partial charge in [0.15, 0.2) is 0 Å². The van der Waals surface area contributed by atoms with Crippen LogP contribution in [0.25, 0.3) is 0 Å². The fourth-order valence-corrected chi connectivity index (χ4v) is 3.76. The van der Waals surface area contributed by atoms with Gasteiger partial charge in [-0.2, -0.15) is 0 Å². The molecule has 1 unspecified atom stereocenters. The monoisotopic (exact) mass is 423 g/mol. The lowest BCUT2D eigenvalue weighted by Gasteiger charge is -2.39. The number of carboxylic acid groups (broad SMARTS) is 1. The van der Waals surface area contributed by atoms with Gasteiger partial charge in [0.05, 0.1) is 19.5 Å². The molecule has 0 radical (unpaired) electrons. The second kappa shape index (κ2) is 8.95. The number of nitrogens with zero attached hydrogens (tertiary/aromatic N) is 1. The molecule has 0 bridgehead atoms. The first-order chi connectivity index (χ1) is 13.7. The first-order valence-electron chi connectivity index (χ1n) is 9.00. The summed E-state index contributed by atoms with van der Waals surface area (Å²) in [4.78, 5) is 25.4. The number of aromatic hydroxyl groups is 1. The Bertz CT molecular complexity index is 829. The van der Waals surface area contributed by atoms with Crippen molar-refractivity contribution < 1.29 is 34.6 Å². The van der Waals surface area contributed by atoms with Gasteiger partial charge in [0.25, 0.3) is 0 Å². The van der Waals surface area contributed by atoms with Gasteiger partial charge in [0.2, 0.25) is 5.91 Å². The van der Waals surface area contributed by atoms with E-state index in [9.17, 15) is 19.8 Å². The predicted octanol–water partition coefficient (Wildman–Crippen LogP) is -0.495. The molecule has 2 heterocycles. The number of rotatable bonds is 8. The molecule has 12 heteroatoms. The van der Waals surface area contributed by atoms with E-state index in [1.165, 1.54) is 23.9 Å². The lowest BCUT2D eigenvalue weighted by Crippen LogP contribution is -2.56. The van der Waals surface area contributed by atoms with Crippen molar-refractivity contribution in [3.05, 3.63) is 34.4 Å². The summed E-state index contributed by atoms with van der Waals surface area (Å²) in [7, 11) is -1.55. The molecular formula is C17H22BN3O7S. The van der Waals surface area contributed by atoms with Crippen molar-refractivity contribution >= 4 is 30.8 Å². The molecular weight excluding hydrogens is 401 g/mol. The molecule has 2 aliphatic heterocycles. The molecule has 10 nitrogen and oxygen atoms in total. The summed E-state index contributed by atoms with van der Waals surface area (Å²) in [5, 5.41) is 42.4. The molecule has 3 rings (SSSR count). The maximum absolute atomic E-state index is 12.3. The van der Waals surface area contributed by atoms with Gasteiger partial charge in [0, 0.05) is 5.70 Å². The summed E-state index contributed by atoms with van der Waals surface area (Å²) in [5.41, 5.74) is 6.11. The highest BCUT2D eigenvalue weighted by Gasteiger charge is 2.34. The van der Waals surface area contributed by atoms with E-state index in [-0.39, 0.29) is 53.5 Å². The fourth-order valence-electron chi connectivity index (χ4n) is 3.08. The first kappa shape index (κ1) is 21.3. The molecule has 1 aromatic carbocycles. The summed E-state index contributed by atoms with van der Waals surface area (Å²) < 4.78 is 5.68. The smallest absolute Gasteiger partial charge is 0.451 e. The summed E-state index contributed by atoms with van der Waals surface area (Å²) in [6.45, 7) is 0.618. The van der Waals surface area contributed by atoms with Crippen LogP contribution in [0.5, 0.6) is 11.5 Å². The number of nitrogens with two attached hydrogens (primary N) is 1. The Morgan fingerprint density at radius 1 is 1.34 bits per heavy atom. The highest BCUT2D eigenvalue weighted by Crippen LogP contribution is 2.34. The number of likely N-dealkylation sites (tertiary alicyclic amines) is 1. The molecule has 1 fully saturated rings. The highest BCUT2D eigenvalue weighted by atomic mass is 32.2. The van der Waals surface area contributed by atoms with Crippen LogP contribution in [0.3, 0.4) is 0 Å². The van der Waals surface area contributed by atoms with Gasteiger partial charge in [-0.15, -0.1) is 0 Å². The van der Waals surface area contributed by atoms with Crippen LogP contribution in [0.15, 0.2) is 23.2 Å². The van der Waals surface area contributed by atoms with Crippen LogP contribution in [0, 0.1) is 0 Å². The Morgan fingerprint density at radius 3 is 2.66 bits per heavy atom. The topological polar surface area (TPSA) is 166 Å². The number of aryl methyl sites for hydroxylation is 1. The Kier molecular flexibility index (Phi) is 6.57. The summed E-state index contributed by atoms with van der Waals surface area (Å²) in [5.74, 6) is -1.90. The van der Waals surface area contributed by atoms with Crippen molar-refractivity contribution in [2.24, 2.45) is 5.73 Å². The molecule has 2 aliphatic rings. The number of carboxylic acids is 1. The van der Waals surface area contributed by atoms with Crippen LogP contribution in [0.2, 0.25) is 6.32 Å². The van der Waals surface area contributed by atoms with Crippen molar-refractivity contribution in [1.29, 1.82) is 0 Å². The van der Waals surface area contributed by atoms with Gasteiger partial charge in [-0.25, -0.2) is 4.79 Å². The predicted molar refractivity (Wildman–Crippen MR) is 106 cm³/mol. The first-order valence-corrected chi connectivity index (χ1v) is 9.94. The summed E-state index contributed by atoms with van der Waals surface area (Å²) in [6.07, 6.45) is -0.119. The third kappa shape index (κ3) is 5.15. The van der Waals surface area contributed by atoms with Gasteiger partial charge in [-0.1, -0.05) is 17.8 Å². The molecule has 0 aliphatic carbocycles. The van der Waals surface area contributed by atoms with Crippen molar-refractivity contribution in [3.8, 4) is 11.5 Å². The molecule has 156 valence electrons. The minimum Gasteiger partial charge on any atom is -0.507 e. The van der Waals surface area contributed by atoms with E-state index in [2.05, 4.69) is 5.32 Å². The van der Waals surface area contributed by atoms with Gasteiger partial charge >= 0.3 is 13.1 Å². The number of hydrogen-bond donors (Lipinski definition) is 6. The number of phenols is 1. The number of aromatic carboxylic acids is 1. The summed E-state index contributed by atoms with van der Waals surface area (Å²) in [6, 6.07) is 2.92. The Labute approximate surface area is 171 Å². The fraction of sp³-hybridized carbons (Fsp3) is 0.412. The van der Waals surface area contributed by atoms with Crippen LogP contribution in [0.1, 0.15) is 22.3 Å². The third-order valence-electron chi connectivity index (χ3n) is 4.63. The molecule has 1 atom stereocenters. The van der Waals surface area contributed by atoms with Crippen LogP contribution < -0.4 is 15.8 Å². The quantitative estimate of drug-likeness (QED) is 0.300. The SMILES string of the molecule is NC1NC(CC(=O)N2CC(Oc3ccc(CCB(O)O)c(O)c3C(=O)O)C2)=CS1. The Balaban J connectivity index is 1.59. The number of ether oxygens (including phenoxy) is 1. The zero-order valence-electron chi connectivity index (χ0n) is 15.4. The van der Waals surface area contributed by atoms with Crippen molar-refractivity contribution in [3.63, 3.8) is 0 Å². The Morgan fingerprint density at radius 2 is 2.07 bits per heavy atom. The van der Waals surface area contributed by atoms with Crippen molar-refractivity contribution in [1.82, 2.24) is 10.2 Å². The van der Waals surface area contributed by atoms with E-state index in [1.54, 1.807) is 4.90 Å². The molecule has 0 saturated carbocycles. The minimum atomic E-state index is -1.55. The number of nitrogens with one attached hydrogen (secondary N) is 1. The largest absolute Gasteiger partial charge is 0.507 e. The molecule has 7 N–H and O–H groups in total. The van der Waals surface area contributed by atoms with E-state index in [0.29, 0.717) is 13.1 Å². The number of amides is 1. The van der Waals surface area contributed by atoms with Crippen molar-refractivity contribution in [2.75, 3.05) is 13.1 Å². The summed E-state index contributed by atoms with van der Waals surface area (Å²) >= 11 is 1.40. The van der Waals surface area contributed by atoms with Crippen LogP contribution >= 0.6 is 11.8 Å². The maximum Gasteiger partial charge on any atom is 0.451 e. The molecule has 1 saturated heterocycles. The lowest BCUT2D eigenvalue weighted by atomic mass is 9.82. The normalized spacial score (nSPS) is 18.7. The van der Waals surface area contributed by atoms with Crippen LogP contribution in [-0.2, 0) is 11.2 Å². The minimum absolute atomic E-state index is 0.00272. The molecule has 29 heavy (non-hydrogen) atoms. The Hall–Kier alpha value is -2.41. The number of thioether (sulfide) groups is 1. The molecule has 0 spiro atoms. The van der Waals surface area contributed by atoms with E-state index < -0.39 is 18.8 Å². The molecule has 0 aromatic heterocycles. The second-order valence-corrected chi connectivity index (χ2v) is 7.85. The van der Waals surface area contributed by atoms with Gasteiger partial charge < -0.3 is 40.9 Å². The standard InChI is InChI=1S/C17H22BN3O7S/c19-17-20-10(8-29-17)5-13(22)21-6-11(7-21)28-12-2-1-9(3-4-18(26)27)15(23)14(12)16(24)25/h1-2,8,11,17,20,23,26-27H,3-7,19H2,(H,24,25). The van der Waals surface area contributed by atoms with E-state index in [1.807, 2.05) is 5.41 Å². The van der Waals surface area contributed by atoms with E-state index in [4.69, 9.17) is 20.5 Å². The van der Waals surface area contributed by atoms with Gasteiger partial charge in [-0.3, -0.25) is 4.79 Å². The van der Waals surface area contributed by atoms with Crippen LogP contribution in [0.4, 0.5) is 0 Å². The van der Waals surface area contributed by atoms with Gasteiger partial charge in [0.1, 0.15) is 28.7 Å². The maximum atomic E-state index is 12.3. The number of carbonyl (C=O) groups is 2. The number of benzene rings is 1. The lowest BCUT2D eigenvalue weighted by molar-refractivity contribution is -0.139. The average molecular weight is 423 g/mol. The zero-order chi connectivity index (χ0) is 21.1. The van der Waals surface area contributed by atoms with E-state index in [0.717, 1.165) is 5.70 Å². The highest BCUT2D eigenvalue weighted by molar-refractivity contribution is 8.02. The van der Waals surface area contributed by atoms with Crippen LogP contribution in [-0.4, -0.2) is 68.8 Å². The average Bonchev–Trinajstić information content (AvgIpc) is 3.00. The second-order valence-electron chi connectivity index (χ2n) is 6.83.